The minimum absolute atomic E-state index is 0.0391. The molecule has 2 amide bonds. The SMILES string of the molecule is CC(C)(C)OC[C@H](NC(=O)/C=C/CNC(=O)OCC1c2ccccc2-c2ccccc21)C(=O)O. The maximum absolute atomic E-state index is 12.2. The quantitative estimate of drug-likeness (QED) is 0.488. The Balaban J connectivity index is 1.45. The average Bonchev–Trinajstić information content (AvgIpc) is 3.11. The summed E-state index contributed by atoms with van der Waals surface area (Å²) in [5.41, 5.74) is 4.01. The maximum Gasteiger partial charge on any atom is 0.407 e. The summed E-state index contributed by atoms with van der Waals surface area (Å²) in [6.45, 7) is 5.47. The van der Waals surface area contributed by atoms with E-state index < -0.39 is 29.6 Å². The first-order chi connectivity index (χ1) is 16.2. The van der Waals surface area contributed by atoms with Crippen LogP contribution in [0.5, 0.6) is 0 Å². The van der Waals surface area contributed by atoms with E-state index in [9.17, 15) is 19.5 Å². The molecule has 8 nitrogen and oxygen atoms in total. The highest BCUT2D eigenvalue weighted by Gasteiger charge is 2.29. The second kappa shape index (κ2) is 11.0. The summed E-state index contributed by atoms with van der Waals surface area (Å²) in [5.74, 6) is -1.83. The summed E-state index contributed by atoms with van der Waals surface area (Å²) in [5, 5.41) is 14.2. The monoisotopic (exact) mass is 466 g/mol. The zero-order valence-electron chi connectivity index (χ0n) is 19.5. The van der Waals surface area contributed by atoms with Crippen molar-refractivity contribution in [2.45, 2.75) is 38.3 Å². The number of hydrogen-bond donors (Lipinski definition) is 3. The number of benzene rings is 2. The number of alkyl carbamates (subject to hydrolysis) is 1. The van der Waals surface area contributed by atoms with E-state index in [1.54, 1.807) is 20.8 Å². The van der Waals surface area contributed by atoms with Gasteiger partial charge < -0.3 is 25.2 Å². The topological polar surface area (TPSA) is 114 Å². The Morgan fingerprint density at radius 1 is 1.03 bits per heavy atom. The molecule has 1 atom stereocenters. The number of hydrogen-bond acceptors (Lipinski definition) is 5. The molecule has 3 N–H and O–H groups in total. The van der Waals surface area contributed by atoms with Crippen molar-refractivity contribution in [2.75, 3.05) is 19.8 Å². The van der Waals surface area contributed by atoms with Crippen LogP contribution in [0, 0.1) is 0 Å². The summed E-state index contributed by atoms with van der Waals surface area (Å²) in [7, 11) is 0. The third kappa shape index (κ3) is 6.68. The Morgan fingerprint density at radius 3 is 2.18 bits per heavy atom. The Labute approximate surface area is 199 Å². The highest BCUT2D eigenvalue weighted by Crippen LogP contribution is 2.44. The summed E-state index contributed by atoms with van der Waals surface area (Å²) in [4.78, 5) is 35.5. The van der Waals surface area contributed by atoms with E-state index in [2.05, 4.69) is 22.8 Å². The predicted octanol–water partition coefficient (Wildman–Crippen LogP) is 3.47. The molecule has 0 bridgehead atoms. The summed E-state index contributed by atoms with van der Waals surface area (Å²) < 4.78 is 10.9. The first-order valence-corrected chi connectivity index (χ1v) is 11.1. The van der Waals surface area contributed by atoms with E-state index in [0.717, 1.165) is 28.3 Å². The molecule has 0 aromatic heterocycles. The summed E-state index contributed by atoms with van der Waals surface area (Å²) in [6.07, 6.45) is 1.98. The number of nitrogens with one attached hydrogen (secondary N) is 2. The second-order valence-corrected chi connectivity index (χ2v) is 8.93. The molecule has 2 aromatic rings. The van der Waals surface area contributed by atoms with Gasteiger partial charge in [0.05, 0.1) is 12.2 Å². The van der Waals surface area contributed by atoms with Crippen LogP contribution in [-0.2, 0) is 19.1 Å². The van der Waals surface area contributed by atoms with Crippen molar-refractivity contribution >= 4 is 18.0 Å². The van der Waals surface area contributed by atoms with Gasteiger partial charge in [0.1, 0.15) is 6.61 Å². The number of aliphatic carboxylic acids is 1. The first kappa shape index (κ1) is 25.0. The average molecular weight is 467 g/mol. The van der Waals surface area contributed by atoms with Crippen molar-refractivity contribution in [1.82, 2.24) is 10.6 Å². The van der Waals surface area contributed by atoms with E-state index in [0.29, 0.717) is 0 Å². The van der Waals surface area contributed by atoms with Crippen LogP contribution in [0.2, 0.25) is 0 Å². The fourth-order valence-corrected chi connectivity index (χ4v) is 3.69. The lowest BCUT2D eigenvalue weighted by atomic mass is 9.98. The Hall–Kier alpha value is -3.65. The number of carbonyl (C=O) groups is 3. The van der Waals surface area contributed by atoms with Gasteiger partial charge in [0, 0.05) is 18.5 Å². The normalized spacial score (nSPS) is 13.7. The highest BCUT2D eigenvalue weighted by molar-refractivity contribution is 5.91. The van der Waals surface area contributed by atoms with E-state index in [1.165, 1.54) is 6.08 Å². The molecular formula is C26H30N2O6. The number of carbonyl (C=O) groups excluding carboxylic acids is 2. The lowest BCUT2D eigenvalue weighted by Crippen LogP contribution is -2.45. The molecule has 8 heteroatoms. The van der Waals surface area contributed by atoms with Gasteiger partial charge in [-0.25, -0.2) is 9.59 Å². The largest absolute Gasteiger partial charge is 0.480 e. The van der Waals surface area contributed by atoms with Crippen molar-refractivity contribution in [2.24, 2.45) is 0 Å². The van der Waals surface area contributed by atoms with E-state index in [1.807, 2.05) is 36.4 Å². The van der Waals surface area contributed by atoms with Gasteiger partial charge in [-0.05, 0) is 43.0 Å². The van der Waals surface area contributed by atoms with Gasteiger partial charge in [0.25, 0.3) is 0 Å². The lowest BCUT2D eigenvalue weighted by Gasteiger charge is -2.22. The zero-order valence-corrected chi connectivity index (χ0v) is 19.5. The van der Waals surface area contributed by atoms with Gasteiger partial charge in [-0.15, -0.1) is 0 Å². The molecular weight excluding hydrogens is 436 g/mol. The smallest absolute Gasteiger partial charge is 0.407 e. The molecule has 1 aliphatic carbocycles. The van der Waals surface area contributed by atoms with Gasteiger partial charge >= 0.3 is 12.1 Å². The van der Waals surface area contributed by atoms with Gasteiger partial charge in [-0.1, -0.05) is 54.6 Å². The molecule has 0 aliphatic heterocycles. The van der Waals surface area contributed by atoms with Crippen LogP contribution in [0.1, 0.15) is 37.8 Å². The number of ether oxygens (including phenoxy) is 2. The van der Waals surface area contributed by atoms with Crippen LogP contribution in [0.3, 0.4) is 0 Å². The molecule has 2 aromatic carbocycles. The molecule has 0 heterocycles. The standard InChI is InChI=1S/C26H30N2O6/c1-26(2,3)34-16-22(24(30)31)28-23(29)13-8-14-27-25(32)33-15-21-19-11-6-4-9-17(19)18-10-5-7-12-20(18)21/h4-13,21-22H,14-16H2,1-3H3,(H,27,32)(H,28,29)(H,30,31)/b13-8+/t22-/m0/s1. The Morgan fingerprint density at radius 2 is 1.62 bits per heavy atom. The third-order valence-corrected chi connectivity index (χ3v) is 5.27. The van der Waals surface area contributed by atoms with Crippen LogP contribution in [0.25, 0.3) is 11.1 Å². The molecule has 180 valence electrons. The van der Waals surface area contributed by atoms with Crippen LogP contribution in [0.4, 0.5) is 4.79 Å². The Bertz CT molecular complexity index is 1030. The van der Waals surface area contributed by atoms with Crippen molar-refractivity contribution in [3.63, 3.8) is 0 Å². The van der Waals surface area contributed by atoms with E-state index >= 15 is 0 Å². The molecule has 3 rings (SSSR count). The summed E-state index contributed by atoms with van der Waals surface area (Å²) >= 11 is 0. The zero-order chi connectivity index (χ0) is 24.7. The fraction of sp³-hybridized carbons (Fsp3) is 0.346. The number of fused-ring (bicyclic) bond motifs is 3. The van der Waals surface area contributed by atoms with Gasteiger partial charge in [-0.3, -0.25) is 4.79 Å². The van der Waals surface area contributed by atoms with E-state index in [4.69, 9.17) is 9.47 Å². The van der Waals surface area contributed by atoms with Crippen LogP contribution < -0.4 is 10.6 Å². The number of carboxylic acid groups (broad SMARTS) is 1. The van der Waals surface area contributed by atoms with Crippen molar-refractivity contribution in [1.29, 1.82) is 0 Å². The molecule has 0 saturated heterocycles. The molecule has 0 saturated carbocycles. The number of amides is 2. The van der Waals surface area contributed by atoms with Gasteiger partial charge in [0.2, 0.25) is 5.91 Å². The molecule has 0 unspecified atom stereocenters. The van der Waals surface area contributed by atoms with Gasteiger partial charge in [-0.2, -0.15) is 0 Å². The minimum Gasteiger partial charge on any atom is -0.480 e. The predicted molar refractivity (Wildman–Crippen MR) is 127 cm³/mol. The van der Waals surface area contributed by atoms with E-state index in [-0.39, 0.29) is 25.7 Å². The highest BCUT2D eigenvalue weighted by atomic mass is 16.5. The van der Waals surface area contributed by atoms with Crippen molar-refractivity contribution in [3.8, 4) is 11.1 Å². The van der Waals surface area contributed by atoms with Crippen molar-refractivity contribution in [3.05, 3.63) is 71.8 Å². The first-order valence-electron chi connectivity index (χ1n) is 11.1. The van der Waals surface area contributed by atoms with Gasteiger partial charge in [0.15, 0.2) is 6.04 Å². The Kier molecular flexibility index (Phi) is 8.07. The van der Waals surface area contributed by atoms with Crippen LogP contribution >= 0.6 is 0 Å². The molecule has 1 aliphatic rings. The third-order valence-electron chi connectivity index (χ3n) is 5.27. The number of rotatable bonds is 9. The van der Waals surface area contributed by atoms with Crippen molar-refractivity contribution < 1.29 is 29.0 Å². The summed E-state index contributed by atoms with van der Waals surface area (Å²) in [6, 6.07) is 15.0. The van der Waals surface area contributed by atoms with Crippen LogP contribution in [-0.4, -0.2) is 54.5 Å². The molecule has 0 radical (unpaired) electrons. The molecule has 34 heavy (non-hydrogen) atoms. The fourth-order valence-electron chi connectivity index (χ4n) is 3.69. The number of carboxylic acids is 1. The molecule has 0 fully saturated rings. The minimum atomic E-state index is -1.19. The van der Waals surface area contributed by atoms with Crippen LogP contribution in [0.15, 0.2) is 60.7 Å². The molecule has 0 spiro atoms. The second-order valence-electron chi connectivity index (χ2n) is 8.93. The maximum atomic E-state index is 12.2. The lowest BCUT2D eigenvalue weighted by molar-refractivity contribution is -0.144.